The molecule has 0 aromatic rings. The number of allylic oxidation sites excluding steroid dienone is 4. The summed E-state index contributed by atoms with van der Waals surface area (Å²) in [5.41, 5.74) is 4.09. The largest absolute Gasteiger partial charge is 0.478 e. The van der Waals surface area contributed by atoms with Crippen LogP contribution in [0.15, 0.2) is 52.6 Å². The van der Waals surface area contributed by atoms with Gasteiger partial charge in [-0.05, 0) is 128 Å². The van der Waals surface area contributed by atoms with E-state index in [1.165, 1.54) is 43.3 Å². The number of aliphatic hydroxyl groups excluding tert-OH is 1. The van der Waals surface area contributed by atoms with Gasteiger partial charge in [0, 0.05) is 6.42 Å². The molecule has 7 heteroatoms. The molecule has 4 saturated carbocycles. The van der Waals surface area contributed by atoms with Crippen molar-refractivity contribution >= 4 is 22.5 Å². The Bertz CT molecular complexity index is 1410. The van der Waals surface area contributed by atoms with Crippen molar-refractivity contribution in [1.82, 2.24) is 0 Å². The molecule has 0 aromatic carbocycles. The number of aliphatic imine (C=N–C) groups is 1. The zero-order chi connectivity index (χ0) is 37.8. The van der Waals surface area contributed by atoms with E-state index in [0.29, 0.717) is 24.4 Å². The molecule has 4 aliphatic carbocycles. The molecule has 51 heavy (non-hydrogen) atoms. The summed E-state index contributed by atoms with van der Waals surface area (Å²) in [6.45, 7) is 36.0. The third-order valence-corrected chi connectivity index (χ3v) is 24.0. The number of aliphatic hydroxyl groups is 1. The van der Waals surface area contributed by atoms with Crippen LogP contribution in [0.3, 0.4) is 0 Å². The third kappa shape index (κ3) is 8.38. The Hall–Kier alpha value is -1.26. The van der Waals surface area contributed by atoms with E-state index in [-0.39, 0.29) is 39.2 Å². The molecule has 0 spiro atoms. The number of nitrogens with zero attached hydrogens (tertiary/aromatic N) is 1. The van der Waals surface area contributed by atoms with Crippen LogP contribution in [0.4, 0.5) is 0 Å². The van der Waals surface area contributed by atoms with Gasteiger partial charge in [0.05, 0.1) is 29.8 Å². The fraction of sp³-hybridized carbons (Fsp3) is 0.795. The average molecular weight is 738 g/mol. The highest BCUT2D eigenvalue weighted by molar-refractivity contribution is 6.74. The van der Waals surface area contributed by atoms with Crippen LogP contribution in [-0.4, -0.2) is 58.6 Å². The molecule has 5 nitrogen and oxygen atoms in total. The molecule has 0 aromatic heterocycles. The first kappa shape index (κ1) is 40.9. The molecular formula is C44H75NO4Si2. The number of rotatable bonds is 11. The van der Waals surface area contributed by atoms with E-state index in [9.17, 15) is 5.11 Å². The van der Waals surface area contributed by atoms with Gasteiger partial charge in [0.2, 0.25) is 0 Å². The van der Waals surface area contributed by atoms with Crippen LogP contribution in [0.25, 0.3) is 0 Å². The smallest absolute Gasteiger partial charge is 0.193 e. The van der Waals surface area contributed by atoms with E-state index in [4.69, 9.17) is 25.2 Å². The second-order valence-corrected chi connectivity index (χ2v) is 30.0. The Morgan fingerprint density at radius 2 is 1.63 bits per heavy atom. The van der Waals surface area contributed by atoms with Crippen molar-refractivity contribution in [3.63, 3.8) is 0 Å². The second-order valence-electron chi connectivity index (χ2n) is 20.5. The zero-order valence-corrected chi connectivity index (χ0v) is 37.0. The number of fused-ring (bicyclic) bond motifs is 1. The van der Waals surface area contributed by atoms with Crippen LogP contribution in [0.1, 0.15) is 127 Å². The van der Waals surface area contributed by atoms with Crippen LogP contribution in [-0.2, 0) is 13.6 Å². The molecule has 5 rings (SSSR count). The van der Waals surface area contributed by atoms with E-state index in [1.54, 1.807) is 5.57 Å². The molecule has 0 radical (unpaired) electrons. The standard InChI is InChI=1S/C44H75NO4Si2/c1-15-34-29-47-40(45-34)44(25-26-44)39(46)23-18-30(2)36-21-22-37-32(17-16-24-43(36,37)10)19-20-33-27-35(48-50(11,12)41(4,5)6)28-38(31(33)3)49-51(13,14)42(7,8)9/h18-20,23,30,34-39,46H,3,15-17,21-22,24-29H2,1-2,4-14H3/t30-,34-,35-,36-,37+,38+,39+,43-/m1/s1. The van der Waals surface area contributed by atoms with Crippen molar-refractivity contribution in [2.75, 3.05) is 6.61 Å². The highest BCUT2D eigenvalue weighted by Crippen LogP contribution is 2.60. The number of ether oxygens (including phenoxy) is 1. The van der Waals surface area contributed by atoms with E-state index in [0.717, 1.165) is 38.0 Å². The minimum Gasteiger partial charge on any atom is -0.478 e. The molecule has 288 valence electrons. The molecule has 5 aliphatic rings. The Kier molecular flexibility index (Phi) is 11.8. The van der Waals surface area contributed by atoms with Crippen LogP contribution >= 0.6 is 0 Å². The SMILES string of the molecule is C=C1C(=CC=C2CCC[C@]3(C)[C@@H]([C@H](C)C=C[C@H](O)C4(C5=N[C@H](CC)CO5)CC4)CC[C@@H]23)C[C@@H](O[Si](C)(C)C(C)(C)C)C[C@@H]1O[Si](C)(C)C(C)(C)C. The Balaban J connectivity index is 1.33. The molecule has 1 aliphatic heterocycles. The molecule has 0 amide bonds. The van der Waals surface area contributed by atoms with Crippen molar-refractivity contribution in [3.05, 3.63) is 47.6 Å². The Labute approximate surface area is 315 Å². The summed E-state index contributed by atoms with van der Waals surface area (Å²) in [5, 5.41) is 11.7. The quantitative estimate of drug-likeness (QED) is 0.169. The summed E-state index contributed by atoms with van der Waals surface area (Å²) in [4.78, 5) is 4.83. The lowest BCUT2D eigenvalue weighted by Gasteiger charge is -2.45. The molecule has 8 atom stereocenters. The Morgan fingerprint density at radius 3 is 2.22 bits per heavy atom. The van der Waals surface area contributed by atoms with Gasteiger partial charge in [0.25, 0.3) is 0 Å². The molecule has 0 bridgehead atoms. The van der Waals surface area contributed by atoms with E-state index >= 15 is 0 Å². The predicted octanol–water partition coefficient (Wildman–Crippen LogP) is 11.7. The summed E-state index contributed by atoms with van der Waals surface area (Å²) in [5.74, 6) is 2.43. The Morgan fingerprint density at radius 1 is 0.980 bits per heavy atom. The predicted molar refractivity (Wildman–Crippen MR) is 220 cm³/mol. The lowest BCUT2D eigenvalue weighted by molar-refractivity contribution is 0.0969. The summed E-state index contributed by atoms with van der Waals surface area (Å²) >= 11 is 0. The highest BCUT2D eigenvalue weighted by atomic mass is 28.4. The van der Waals surface area contributed by atoms with Crippen molar-refractivity contribution in [1.29, 1.82) is 0 Å². The summed E-state index contributed by atoms with van der Waals surface area (Å²) < 4.78 is 20.2. The van der Waals surface area contributed by atoms with E-state index < -0.39 is 22.7 Å². The maximum Gasteiger partial charge on any atom is 0.193 e. The number of hydrogen-bond donors (Lipinski definition) is 1. The molecule has 0 saturated heterocycles. The van der Waals surface area contributed by atoms with Gasteiger partial charge >= 0.3 is 0 Å². The van der Waals surface area contributed by atoms with Gasteiger partial charge in [0.1, 0.15) is 6.61 Å². The highest BCUT2D eigenvalue weighted by Gasteiger charge is 2.56. The molecular weight excluding hydrogens is 663 g/mol. The monoisotopic (exact) mass is 738 g/mol. The van der Waals surface area contributed by atoms with Crippen LogP contribution in [0.5, 0.6) is 0 Å². The molecule has 0 unspecified atom stereocenters. The van der Waals surface area contributed by atoms with Crippen molar-refractivity contribution in [2.24, 2.45) is 33.6 Å². The minimum atomic E-state index is -2.00. The van der Waals surface area contributed by atoms with E-state index in [1.807, 2.05) is 0 Å². The van der Waals surface area contributed by atoms with Gasteiger partial charge in [-0.3, -0.25) is 0 Å². The maximum atomic E-state index is 11.4. The zero-order valence-electron chi connectivity index (χ0n) is 35.0. The fourth-order valence-electron chi connectivity index (χ4n) is 9.17. The van der Waals surface area contributed by atoms with Gasteiger partial charge < -0.3 is 18.7 Å². The van der Waals surface area contributed by atoms with Gasteiger partial charge in [-0.15, -0.1) is 0 Å². The van der Waals surface area contributed by atoms with E-state index in [2.05, 4.69) is 113 Å². The summed E-state index contributed by atoms with van der Waals surface area (Å²) in [6, 6.07) is 0.248. The first-order valence-corrected chi connectivity index (χ1v) is 26.4. The summed E-state index contributed by atoms with van der Waals surface area (Å²) in [7, 11) is -3.96. The van der Waals surface area contributed by atoms with Gasteiger partial charge in [-0.2, -0.15) is 0 Å². The van der Waals surface area contributed by atoms with Crippen molar-refractivity contribution < 1.29 is 18.7 Å². The first-order chi connectivity index (χ1) is 23.5. The van der Waals surface area contributed by atoms with Crippen LogP contribution < -0.4 is 0 Å². The molecule has 4 fully saturated rings. The summed E-state index contributed by atoms with van der Waals surface area (Å²) in [6.07, 6.45) is 19.9. The molecule has 1 N–H and O–H groups in total. The first-order valence-electron chi connectivity index (χ1n) is 20.6. The van der Waals surface area contributed by atoms with Crippen LogP contribution in [0.2, 0.25) is 36.3 Å². The maximum absolute atomic E-state index is 11.4. The molecule has 1 heterocycles. The third-order valence-electron chi connectivity index (χ3n) is 15.0. The normalized spacial score (nSPS) is 34.5. The fourth-order valence-corrected chi connectivity index (χ4v) is 11.8. The second kappa shape index (κ2) is 14.8. The minimum absolute atomic E-state index is 0.00434. The number of hydrogen-bond acceptors (Lipinski definition) is 5. The van der Waals surface area contributed by atoms with Crippen molar-refractivity contribution in [2.45, 2.75) is 187 Å². The van der Waals surface area contributed by atoms with Gasteiger partial charge in [0.15, 0.2) is 22.5 Å². The van der Waals surface area contributed by atoms with Crippen LogP contribution in [0, 0.1) is 28.6 Å². The topological polar surface area (TPSA) is 60.3 Å². The average Bonchev–Trinajstić information content (AvgIpc) is 3.54. The lowest BCUT2D eigenvalue weighted by Crippen LogP contribution is -2.49. The van der Waals surface area contributed by atoms with Crippen molar-refractivity contribution in [3.8, 4) is 0 Å². The van der Waals surface area contributed by atoms with Gasteiger partial charge in [-0.25, -0.2) is 4.99 Å². The van der Waals surface area contributed by atoms with Gasteiger partial charge in [-0.1, -0.05) is 98.8 Å². The lowest BCUT2D eigenvalue weighted by atomic mass is 9.61.